The van der Waals surface area contributed by atoms with Crippen LogP contribution < -0.4 is 5.32 Å². The fourth-order valence-corrected chi connectivity index (χ4v) is 2.88. The van der Waals surface area contributed by atoms with Gasteiger partial charge in [0, 0.05) is 17.3 Å². The van der Waals surface area contributed by atoms with Gasteiger partial charge >= 0.3 is 0 Å². The zero-order valence-electron chi connectivity index (χ0n) is 11.9. The van der Waals surface area contributed by atoms with Gasteiger partial charge < -0.3 is 5.32 Å². The molecule has 0 spiro atoms. The number of fused-ring (bicyclic) bond motifs is 1. The van der Waals surface area contributed by atoms with Crippen LogP contribution in [0, 0.1) is 0 Å². The maximum atomic E-state index is 4.58. The maximum absolute atomic E-state index is 4.58. The van der Waals surface area contributed by atoms with Crippen LogP contribution >= 0.6 is 11.3 Å². The molecule has 0 aliphatic carbocycles. The largest absolute Gasteiger partial charge is 0.361 e. The summed E-state index contributed by atoms with van der Waals surface area (Å²) >= 11 is 1.75. The molecule has 3 aromatic heterocycles. The van der Waals surface area contributed by atoms with E-state index in [2.05, 4.69) is 59.7 Å². The number of thiophene rings is 1. The van der Waals surface area contributed by atoms with Gasteiger partial charge in [0.25, 0.3) is 0 Å². The van der Waals surface area contributed by atoms with Gasteiger partial charge in [0.2, 0.25) is 0 Å². The van der Waals surface area contributed by atoms with Crippen LogP contribution in [-0.2, 0) is 0 Å². The van der Waals surface area contributed by atoms with Gasteiger partial charge in [-0.1, -0.05) is 19.9 Å². The Morgan fingerprint density at radius 2 is 2.15 bits per heavy atom. The van der Waals surface area contributed by atoms with Gasteiger partial charge in [-0.25, -0.2) is 9.50 Å². The Morgan fingerprint density at radius 1 is 1.30 bits per heavy atom. The molecule has 0 aliphatic rings. The molecule has 0 amide bonds. The quantitative estimate of drug-likeness (QED) is 0.785. The molecule has 0 radical (unpaired) electrons. The number of anilines is 1. The first-order valence-electron chi connectivity index (χ1n) is 6.79. The van der Waals surface area contributed by atoms with Gasteiger partial charge in [-0.15, -0.1) is 11.3 Å². The van der Waals surface area contributed by atoms with E-state index >= 15 is 0 Å². The van der Waals surface area contributed by atoms with E-state index in [1.165, 1.54) is 4.88 Å². The number of aromatic nitrogens is 3. The van der Waals surface area contributed by atoms with Crippen LogP contribution in [0.15, 0.2) is 36.0 Å². The van der Waals surface area contributed by atoms with Crippen molar-refractivity contribution in [2.75, 3.05) is 5.32 Å². The minimum absolute atomic E-state index is 0.242. The van der Waals surface area contributed by atoms with Crippen molar-refractivity contribution >= 4 is 22.7 Å². The van der Waals surface area contributed by atoms with Crippen LogP contribution in [0.25, 0.3) is 5.52 Å². The number of hydrogen-bond donors (Lipinski definition) is 1. The lowest BCUT2D eigenvalue weighted by atomic mass is 10.1. The van der Waals surface area contributed by atoms with Crippen molar-refractivity contribution in [2.45, 2.75) is 32.7 Å². The van der Waals surface area contributed by atoms with Crippen LogP contribution in [0.4, 0.5) is 5.82 Å². The minimum atomic E-state index is 0.242. The summed E-state index contributed by atoms with van der Waals surface area (Å²) in [5.41, 5.74) is 2.12. The van der Waals surface area contributed by atoms with E-state index in [9.17, 15) is 0 Å². The van der Waals surface area contributed by atoms with E-state index in [1.807, 2.05) is 10.7 Å². The van der Waals surface area contributed by atoms with Crippen molar-refractivity contribution in [3.8, 4) is 0 Å². The molecule has 0 saturated carbocycles. The summed E-state index contributed by atoms with van der Waals surface area (Å²) < 4.78 is 1.89. The van der Waals surface area contributed by atoms with E-state index in [0.717, 1.165) is 17.0 Å². The molecule has 3 rings (SSSR count). The highest BCUT2D eigenvalue weighted by Crippen LogP contribution is 2.25. The smallest absolute Gasteiger partial charge is 0.152 e. The maximum Gasteiger partial charge on any atom is 0.152 e. The molecule has 20 heavy (non-hydrogen) atoms. The van der Waals surface area contributed by atoms with Gasteiger partial charge in [0.05, 0.1) is 11.7 Å². The molecular weight excluding hydrogens is 268 g/mol. The van der Waals surface area contributed by atoms with Crippen molar-refractivity contribution in [3.05, 3.63) is 46.5 Å². The lowest BCUT2D eigenvalue weighted by Crippen LogP contribution is -2.07. The molecule has 1 N–H and O–H groups in total. The normalized spacial score (nSPS) is 13.0. The fourth-order valence-electron chi connectivity index (χ4n) is 2.15. The van der Waals surface area contributed by atoms with Crippen LogP contribution in [0.3, 0.4) is 0 Å². The molecule has 0 bridgehead atoms. The Kier molecular flexibility index (Phi) is 3.44. The predicted octanol–water partition coefficient (Wildman–Crippen LogP) is 4.09. The Bertz CT molecular complexity index is 700. The number of nitrogens with zero attached hydrogens (tertiary/aromatic N) is 3. The Hall–Kier alpha value is -1.88. The molecular formula is C15H18N4S. The molecule has 4 nitrogen and oxygen atoms in total. The molecule has 5 heteroatoms. The molecule has 1 atom stereocenters. The molecule has 0 saturated heterocycles. The highest BCUT2D eigenvalue weighted by molar-refractivity contribution is 7.10. The van der Waals surface area contributed by atoms with Crippen LogP contribution in [-0.4, -0.2) is 14.6 Å². The highest BCUT2D eigenvalue weighted by Gasteiger charge is 2.12. The SMILES string of the molecule is CC(C)c1cc2c(NC(C)c3cccs3)nccn2n1. The second-order valence-corrected chi connectivity index (χ2v) is 6.19. The first kappa shape index (κ1) is 13.1. The molecule has 0 fully saturated rings. The summed E-state index contributed by atoms with van der Waals surface area (Å²) in [6, 6.07) is 6.56. The lowest BCUT2D eigenvalue weighted by molar-refractivity contribution is 0.786. The van der Waals surface area contributed by atoms with Crippen molar-refractivity contribution < 1.29 is 0 Å². The third kappa shape index (κ3) is 2.41. The highest BCUT2D eigenvalue weighted by atomic mass is 32.1. The first-order chi connectivity index (χ1) is 9.65. The minimum Gasteiger partial charge on any atom is -0.361 e. The second kappa shape index (κ2) is 5.25. The Balaban J connectivity index is 1.95. The van der Waals surface area contributed by atoms with Gasteiger partial charge in [0.15, 0.2) is 5.82 Å². The van der Waals surface area contributed by atoms with Crippen LogP contribution in [0.2, 0.25) is 0 Å². The summed E-state index contributed by atoms with van der Waals surface area (Å²) in [4.78, 5) is 5.77. The first-order valence-corrected chi connectivity index (χ1v) is 7.67. The zero-order valence-corrected chi connectivity index (χ0v) is 12.7. The average molecular weight is 286 g/mol. The Labute approximate surface area is 122 Å². The van der Waals surface area contributed by atoms with Crippen molar-refractivity contribution in [1.82, 2.24) is 14.6 Å². The van der Waals surface area contributed by atoms with E-state index < -0.39 is 0 Å². The summed E-state index contributed by atoms with van der Waals surface area (Å²) in [5, 5.41) is 10.2. The molecule has 0 aromatic carbocycles. The number of nitrogens with one attached hydrogen (secondary N) is 1. The van der Waals surface area contributed by atoms with Crippen molar-refractivity contribution in [3.63, 3.8) is 0 Å². The Morgan fingerprint density at radius 3 is 2.85 bits per heavy atom. The zero-order chi connectivity index (χ0) is 14.1. The fraction of sp³-hybridized carbons (Fsp3) is 0.333. The van der Waals surface area contributed by atoms with Gasteiger partial charge in [-0.2, -0.15) is 5.10 Å². The summed E-state index contributed by atoms with van der Waals surface area (Å²) in [5.74, 6) is 1.30. The molecule has 3 aromatic rings. The average Bonchev–Trinajstić information content (AvgIpc) is 3.08. The summed E-state index contributed by atoms with van der Waals surface area (Å²) in [6.45, 7) is 6.45. The predicted molar refractivity (Wildman–Crippen MR) is 83.4 cm³/mol. The third-order valence-electron chi connectivity index (χ3n) is 3.32. The summed E-state index contributed by atoms with van der Waals surface area (Å²) in [7, 11) is 0. The molecule has 1 unspecified atom stereocenters. The van der Waals surface area contributed by atoms with Gasteiger partial charge in [-0.3, -0.25) is 0 Å². The van der Waals surface area contributed by atoms with Gasteiger partial charge in [0.1, 0.15) is 5.52 Å². The van der Waals surface area contributed by atoms with Crippen LogP contribution in [0.5, 0.6) is 0 Å². The number of rotatable bonds is 4. The van der Waals surface area contributed by atoms with E-state index in [1.54, 1.807) is 17.5 Å². The monoisotopic (exact) mass is 286 g/mol. The molecule has 3 heterocycles. The van der Waals surface area contributed by atoms with E-state index in [0.29, 0.717) is 5.92 Å². The summed E-state index contributed by atoms with van der Waals surface area (Å²) in [6.07, 6.45) is 3.68. The van der Waals surface area contributed by atoms with Crippen molar-refractivity contribution in [1.29, 1.82) is 0 Å². The molecule has 104 valence electrons. The third-order valence-corrected chi connectivity index (χ3v) is 4.38. The van der Waals surface area contributed by atoms with Crippen molar-refractivity contribution in [2.24, 2.45) is 0 Å². The number of hydrogen-bond acceptors (Lipinski definition) is 4. The second-order valence-electron chi connectivity index (χ2n) is 5.21. The standard InChI is InChI=1S/C15H18N4S/c1-10(2)12-9-13-15(16-6-7-19(13)18-12)17-11(3)14-5-4-8-20-14/h4-11H,1-3H3,(H,16,17). The molecule has 0 aliphatic heterocycles. The van der Waals surface area contributed by atoms with E-state index in [4.69, 9.17) is 0 Å². The topological polar surface area (TPSA) is 42.2 Å². The van der Waals surface area contributed by atoms with Gasteiger partial charge in [-0.05, 0) is 30.4 Å². The van der Waals surface area contributed by atoms with E-state index in [-0.39, 0.29) is 6.04 Å². The van der Waals surface area contributed by atoms with Crippen LogP contribution in [0.1, 0.15) is 43.3 Å². The lowest BCUT2D eigenvalue weighted by Gasteiger charge is -2.13.